The predicted octanol–water partition coefficient (Wildman–Crippen LogP) is 5.78. The molecule has 0 spiro atoms. The number of hydrogen-bond donors (Lipinski definition) is 0. The Bertz CT molecular complexity index is 1150. The summed E-state index contributed by atoms with van der Waals surface area (Å²) in [5.41, 5.74) is 4.16. The first kappa shape index (κ1) is 25.7. The predicted molar refractivity (Wildman–Crippen MR) is 141 cm³/mol. The molecule has 2 aliphatic rings. The summed E-state index contributed by atoms with van der Waals surface area (Å²) in [6.45, 7) is 7.62. The van der Waals surface area contributed by atoms with E-state index in [1.165, 1.54) is 18.4 Å². The molecule has 1 heterocycles. The minimum Gasteiger partial charge on any atom is -0.493 e. The average Bonchev–Trinajstić information content (AvgIpc) is 2.88. The van der Waals surface area contributed by atoms with Gasteiger partial charge in [0.25, 0.3) is 0 Å². The fraction of sp³-hybridized carbons (Fsp3) is 0.536. The highest BCUT2D eigenvalue weighted by Gasteiger charge is 2.35. The fourth-order valence-corrected chi connectivity index (χ4v) is 7.02. The monoisotopic (exact) mass is 498 g/mol. The Labute approximate surface area is 210 Å². The van der Waals surface area contributed by atoms with Crippen molar-refractivity contribution < 1.29 is 17.9 Å². The molecule has 1 aliphatic carbocycles. The van der Waals surface area contributed by atoms with Crippen molar-refractivity contribution in [1.82, 2.24) is 4.31 Å². The van der Waals surface area contributed by atoms with Crippen LogP contribution in [-0.4, -0.2) is 51.3 Å². The molecule has 35 heavy (non-hydrogen) atoms. The molecule has 0 amide bonds. The van der Waals surface area contributed by atoms with Crippen LogP contribution in [0.5, 0.6) is 11.5 Å². The van der Waals surface area contributed by atoms with Crippen LogP contribution in [0.15, 0.2) is 46.3 Å². The normalized spacial score (nSPS) is 19.6. The molecule has 2 atom stereocenters. The summed E-state index contributed by atoms with van der Waals surface area (Å²) >= 11 is 0. The molecule has 7 heteroatoms. The number of methoxy groups -OCH3 is 1. The Hall–Kier alpha value is -2.38. The van der Waals surface area contributed by atoms with Gasteiger partial charge in [-0.2, -0.15) is 4.31 Å². The van der Waals surface area contributed by atoms with Gasteiger partial charge in [-0.1, -0.05) is 38.8 Å². The SMILES string of the molecule is CCCN(CCC)S(=O)(=O)c1ccc(C2=N[C@@H]3CCCC[C@@H]3c3cc(OCC)c(OC)cc32)cc1. The van der Waals surface area contributed by atoms with E-state index >= 15 is 0 Å². The Morgan fingerprint density at radius 3 is 2.29 bits per heavy atom. The van der Waals surface area contributed by atoms with Crippen LogP contribution >= 0.6 is 0 Å². The van der Waals surface area contributed by atoms with Crippen LogP contribution in [0.3, 0.4) is 0 Å². The van der Waals surface area contributed by atoms with Gasteiger partial charge < -0.3 is 9.47 Å². The standard InChI is InChI=1S/C28H38N2O4S/c1-5-16-30(17-6-2)35(31,32)21-14-12-20(13-15-21)28-24-19-26(33-4)27(34-7-3)18-23(24)22-10-8-9-11-25(22)29-28/h12-15,18-19,22,25H,5-11,16-17H2,1-4H3/t22-,25-/m1/s1. The van der Waals surface area contributed by atoms with Gasteiger partial charge >= 0.3 is 0 Å². The van der Waals surface area contributed by atoms with Crippen LogP contribution in [-0.2, 0) is 10.0 Å². The highest BCUT2D eigenvalue weighted by Crippen LogP contribution is 2.45. The number of benzene rings is 2. The molecule has 1 fully saturated rings. The van der Waals surface area contributed by atoms with Crippen molar-refractivity contribution >= 4 is 15.7 Å². The molecular weight excluding hydrogens is 460 g/mol. The van der Waals surface area contributed by atoms with E-state index in [9.17, 15) is 8.42 Å². The fourth-order valence-electron chi connectivity index (χ4n) is 5.39. The molecule has 0 N–H and O–H groups in total. The second-order valence-corrected chi connectivity index (χ2v) is 11.3. The maximum Gasteiger partial charge on any atom is 0.243 e. The van der Waals surface area contributed by atoms with Crippen LogP contribution in [0.2, 0.25) is 0 Å². The Morgan fingerprint density at radius 2 is 1.66 bits per heavy atom. The molecule has 2 aromatic rings. The molecule has 6 nitrogen and oxygen atoms in total. The van der Waals surface area contributed by atoms with Crippen molar-refractivity contribution in [2.24, 2.45) is 4.99 Å². The number of hydrogen-bond acceptors (Lipinski definition) is 5. The maximum absolute atomic E-state index is 13.2. The van der Waals surface area contributed by atoms with Crippen molar-refractivity contribution in [2.45, 2.75) is 76.2 Å². The number of aliphatic imine (C=N–C) groups is 1. The Kier molecular flexibility index (Phi) is 8.17. The van der Waals surface area contributed by atoms with E-state index in [0.717, 1.165) is 48.3 Å². The second kappa shape index (κ2) is 11.1. The third-order valence-corrected chi connectivity index (χ3v) is 8.94. The largest absolute Gasteiger partial charge is 0.493 e. The van der Waals surface area contributed by atoms with E-state index in [1.54, 1.807) is 23.5 Å². The third-order valence-electron chi connectivity index (χ3n) is 7.03. The molecule has 190 valence electrons. The van der Waals surface area contributed by atoms with Crippen LogP contribution in [0.25, 0.3) is 0 Å². The van der Waals surface area contributed by atoms with E-state index in [1.807, 2.05) is 39.0 Å². The summed E-state index contributed by atoms with van der Waals surface area (Å²) in [6.07, 6.45) is 6.16. The molecule has 0 bridgehead atoms. The van der Waals surface area contributed by atoms with Crippen molar-refractivity contribution in [2.75, 3.05) is 26.8 Å². The minimum atomic E-state index is -3.52. The Morgan fingerprint density at radius 1 is 0.971 bits per heavy atom. The number of ether oxygens (including phenoxy) is 2. The van der Waals surface area contributed by atoms with Gasteiger partial charge in [0.1, 0.15) is 0 Å². The van der Waals surface area contributed by atoms with Gasteiger partial charge in [-0.3, -0.25) is 4.99 Å². The molecule has 0 aromatic heterocycles. The number of fused-ring (bicyclic) bond motifs is 3. The van der Waals surface area contributed by atoms with Crippen LogP contribution in [0.1, 0.15) is 81.9 Å². The van der Waals surface area contributed by atoms with Gasteiger partial charge in [-0.15, -0.1) is 0 Å². The first-order valence-corrected chi connectivity index (χ1v) is 14.4. The van der Waals surface area contributed by atoms with E-state index in [2.05, 4.69) is 6.07 Å². The molecule has 0 unspecified atom stereocenters. The van der Waals surface area contributed by atoms with E-state index in [4.69, 9.17) is 14.5 Å². The lowest BCUT2D eigenvalue weighted by Gasteiger charge is -2.36. The van der Waals surface area contributed by atoms with Crippen molar-refractivity contribution in [1.29, 1.82) is 0 Å². The average molecular weight is 499 g/mol. The van der Waals surface area contributed by atoms with Crippen molar-refractivity contribution in [3.8, 4) is 11.5 Å². The van der Waals surface area contributed by atoms with E-state index in [0.29, 0.717) is 36.3 Å². The molecule has 1 saturated carbocycles. The van der Waals surface area contributed by atoms with Crippen LogP contribution in [0.4, 0.5) is 0 Å². The maximum atomic E-state index is 13.2. The lowest BCUT2D eigenvalue weighted by molar-refractivity contribution is 0.308. The van der Waals surface area contributed by atoms with E-state index < -0.39 is 10.0 Å². The molecule has 4 rings (SSSR count). The van der Waals surface area contributed by atoms with Crippen molar-refractivity contribution in [3.63, 3.8) is 0 Å². The van der Waals surface area contributed by atoms with Crippen molar-refractivity contribution in [3.05, 3.63) is 53.1 Å². The molecule has 0 radical (unpaired) electrons. The zero-order chi connectivity index (χ0) is 25.0. The summed E-state index contributed by atoms with van der Waals surface area (Å²) in [6, 6.07) is 11.7. The lowest BCUT2D eigenvalue weighted by atomic mass is 9.75. The molecule has 0 saturated heterocycles. The van der Waals surface area contributed by atoms with Crippen LogP contribution < -0.4 is 9.47 Å². The number of sulfonamides is 1. The number of nitrogens with zero attached hydrogens (tertiary/aromatic N) is 2. The van der Waals surface area contributed by atoms with E-state index in [-0.39, 0.29) is 6.04 Å². The van der Waals surface area contributed by atoms with Gasteiger partial charge in [0.05, 0.1) is 30.4 Å². The molecule has 1 aliphatic heterocycles. The quantitative estimate of drug-likeness (QED) is 0.416. The van der Waals surface area contributed by atoms with Gasteiger partial charge in [-0.25, -0.2) is 8.42 Å². The lowest BCUT2D eigenvalue weighted by Crippen LogP contribution is -2.32. The van der Waals surface area contributed by atoms with Gasteiger partial charge in [0, 0.05) is 30.1 Å². The summed E-state index contributed by atoms with van der Waals surface area (Å²) in [5, 5.41) is 0. The zero-order valence-corrected chi connectivity index (χ0v) is 22.2. The Balaban J connectivity index is 1.75. The summed E-state index contributed by atoms with van der Waals surface area (Å²) in [5.74, 6) is 1.85. The second-order valence-electron chi connectivity index (χ2n) is 9.39. The first-order valence-electron chi connectivity index (χ1n) is 13.0. The zero-order valence-electron chi connectivity index (χ0n) is 21.4. The summed E-state index contributed by atoms with van der Waals surface area (Å²) in [7, 11) is -1.86. The minimum absolute atomic E-state index is 0.238. The van der Waals surface area contributed by atoms with Gasteiger partial charge in [0.2, 0.25) is 10.0 Å². The highest BCUT2D eigenvalue weighted by atomic mass is 32.2. The third kappa shape index (κ3) is 5.12. The highest BCUT2D eigenvalue weighted by molar-refractivity contribution is 7.89. The number of rotatable bonds is 10. The molecular formula is C28H38N2O4S. The van der Waals surface area contributed by atoms with Crippen LogP contribution in [0, 0.1) is 0 Å². The summed E-state index contributed by atoms with van der Waals surface area (Å²) in [4.78, 5) is 5.55. The summed E-state index contributed by atoms with van der Waals surface area (Å²) < 4.78 is 39.6. The molecule has 2 aromatic carbocycles. The first-order chi connectivity index (χ1) is 16.9. The van der Waals surface area contributed by atoms with Gasteiger partial charge in [-0.05, 0) is 62.4 Å². The smallest absolute Gasteiger partial charge is 0.243 e. The van der Waals surface area contributed by atoms with Gasteiger partial charge in [0.15, 0.2) is 11.5 Å². The topological polar surface area (TPSA) is 68.2 Å².